The predicted octanol–water partition coefficient (Wildman–Crippen LogP) is 5.14. The van der Waals surface area contributed by atoms with Crippen molar-refractivity contribution in [3.05, 3.63) is 90.0 Å². The number of carbonyl (C=O) groups is 2. The summed E-state index contributed by atoms with van der Waals surface area (Å²) >= 11 is 0. The van der Waals surface area contributed by atoms with Crippen LogP contribution >= 0.6 is 0 Å². The molecule has 3 rings (SSSR count). The molecular weight excluding hydrogens is 374 g/mol. The maximum Gasteiger partial charge on any atom is 0.258 e. The highest BCUT2D eigenvalue weighted by molar-refractivity contribution is 6.05. The smallest absolute Gasteiger partial charge is 0.258 e. The molecule has 154 valence electrons. The molecule has 0 atom stereocenters. The molecule has 3 aromatic rings. The summed E-state index contributed by atoms with van der Waals surface area (Å²) in [4.78, 5) is 26.6. The number of rotatable bonds is 7. The Bertz CT molecular complexity index is 998. The van der Waals surface area contributed by atoms with Gasteiger partial charge in [-0.3, -0.25) is 9.59 Å². The normalized spacial score (nSPS) is 10.5. The van der Waals surface area contributed by atoms with Gasteiger partial charge < -0.3 is 15.5 Å². The van der Waals surface area contributed by atoms with Gasteiger partial charge in [-0.15, -0.1) is 0 Å². The summed E-state index contributed by atoms with van der Waals surface area (Å²) in [5.74, 6) is 0.122. The molecule has 5 nitrogen and oxygen atoms in total. The van der Waals surface area contributed by atoms with Crippen molar-refractivity contribution in [3.63, 3.8) is 0 Å². The molecule has 3 aromatic carbocycles. The minimum Gasteiger partial charge on any atom is -0.376 e. The van der Waals surface area contributed by atoms with E-state index in [9.17, 15) is 9.59 Å². The van der Waals surface area contributed by atoms with Crippen LogP contribution in [-0.2, 0) is 4.79 Å². The molecule has 30 heavy (non-hydrogen) atoms. The lowest BCUT2D eigenvalue weighted by Crippen LogP contribution is -2.26. The van der Waals surface area contributed by atoms with Gasteiger partial charge in [-0.1, -0.05) is 50.2 Å². The maximum atomic E-state index is 12.7. The van der Waals surface area contributed by atoms with Crippen LogP contribution in [0.3, 0.4) is 0 Å². The molecule has 0 bridgehead atoms. The Morgan fingerprint density at radius 1 is 0.867 bits per heavy atom. The minimum absolute atomic E-state index is 0.0872. The van der Waals surface area contributed by atoms with Crippen LogP contribution in [0.4, 0.5) is 17.1 Å². The number of nitrogens with zero attached hydrogens (tertiary/aromatic N) is 1. The van der Waals surface area contributed by atoms with E-state index >= 15 is 0 Å². The summed E-state index contributed by atoms with van der Waals surface area (Å²) < 4.78 is 0. The molecule has 0 fully saturated rings. The Labute approximate surface area is 177 Å². The Morgan fingerprint density at radius 3 is 2.17 bits per heavy atom. The highest BCUT2D eigenvalue weighted by Crippen LogP contribution is 2.23. The summed E-state index contributed by atoms with van der Waals surface area (Å²) in [5.41, 5.74) is 4.15. The zero-order valence-corrected chi connectivity index (χ0v) is 17.6. The van der Waals surface area contributed by atoms with Crippen LogP contribution < -0.4 is 15.5 Å². The molecule has 0 aliphatic carbocycles. The van der Waals surface area contributed by atoms with E-state index in [1.165, 1.54) is 0 Å². The van der Waals surface area contributed by atoms with Gasteiger partial charge in [-0.05, 0) is 53.9 Å². The first-order valence-corrected chi connectivity index (χ1v) is 10.0. The van der Waals surface area contributed by atoms with Crippen molar-refractivity contribution in [2.24, 2.45) is 0 Å². The maximum absolute atomic E-state index is 12.7. The lowest BCUT2D eigenvalue weighted by Gasteiger charge is -2.17. The fourth-order valence-corrected chi connectivity index (χ4v) is 3.18. The minimum atomic E-state index is -0.118. The molecule has 0 spiro atoms. The number of benzene rings is 3. The first-order chi connectivity index (χ1) is 14.5. The van der Waals surface area contributed by atoms with Crippen molar-refractivity contribution in [1.82, 2.24) is 0 Å². The number of para-hydroxylation sites is 2. The van der Waals surface area contributed by atoms with E-state index in [0.717, 1.165) is 22.6 Å². The van der Waals surface area contributed by atoms with Gasteiger partial charge in [0.25, 0.3) is 5.91 Å². The zero-order valence-electron chi connectivity index (χ0n) is 17.6. The van der Waals surface area contributed by atoms with Crippen LogP contribution in [0.5, 0.6) is 0 Å². The zero-order chi connectivity index (χ0) is 21.5. The second-order valence-electron chi connectivity index (χ2n) is 7.42. The van der Waals surface area contributed by atoms with Crippen LogP contribution in [0.2, 0.25) is 0 Å². The van der Waals surface area contributed by atoms with E-state index in [1.807, 2.05) is 54.6 Å². The predicted molar refractivity (Wildman–Crippen MR) is 123 cm³/mol. The van der Waals surface area contributed by atoms with Crippen molar-refractivity contribution in [3.8, 4) is 0 Å². The Hall–Kier alpha value is -3.60. The fraction of sp³-hybridized carbons (Fsp3) is 0.200. The van der Waals surface area contributed by atoms with Crippen LogP contribution in [0.1, 0.15) is 35.7 Å². The lowest BCUT2D eigenvalue weighted by molar-refractivity contribution is -0.114. The molecule has 2 amide bonds. The van der Waals surface area contributed by atoms with Crippen molar-refractivity contribution < 1.29 is 9.59 Å². The van der Waals surface area contributed by atoms with Gasteiger partial charge in [0.05, 0.1) is 6.54 Å². The van der Waals surface area contributed by atoms with Gasteiger partial charge in [-0.2, -0.15) is 0 Å². The third kappa shape index (κ3) is 5.26. The fourth-order valence-electron chi connectivity index (χ4n) is 3.18. The highest BCUT2D eigenvalue weighted by atomic mass is 16.2. The van der Waals surface area contributed by atoms with Gasteiger partial charge >= 0.3 is 0 Å². The molecule has 0 radical (unpaired) electrons. The molecule has 0 saturated heterocycles. The SMILES string of the molecule is CC(C)c1ccccc1NC(=O)CNc1ccc(C(=O)N(C)c2ccccc2)cc1. The number of nitrogens with one attached hydrogen (secondary N) is 2. The molecule has 0 heterocycles. The molecular formula is C25H27N3O2. The van der Waals surface area contributed by atoms with E-state index in [4.69, 9.17) is 0 Å². The van der Waals surface area contributed by atoms with Crippen LogP contribution in [0, 0.1) is 0 Å². The molecule has 0 aliphatic heterocycles. The van der Waals surface area contributed by atoms with Crippen molar-refractivity contribution >= 4 is 28.9 Å². The summed E-state index contributed by atoms with van der Waals surface area (Å²) in [7, 11) is 1.75. The number of amides is 2. The molecule has 0 aromatic heterocycles. The molecule has 0 unspecified atom stereocenters. The number of carbonyl (C=O) groups excluding carboxylic acids is 2. The van der Waals surface area contributed by atoms with Gasteiger partial charge in [0, 0.05) is 29.7 Å². The first-order valence-electron chi connectivity index (χ1n) is 10.0. The first kappa shape index (κ1) is 21.1. The summed E-state index contributed by atoms with van der Waals surface area (Å²) in [6.45, 7) is 4.34. The van der Waals surface area contributed by atoms with E-state index in [2.05, 4.69) is 24.5 Å². The van der Waals surface area contributed by atoms with Crippen LogP contribution in [0.15, 0.2) is 78.9 Å². The van der Waals surface area contributed by atoms with Gasteiger partial charge in [0.15, 0.2) is 0 Å². The Kier molecular flexibility index (Phi) is 6.86. The average molecular weight is 402 g/mol. The summed E-state index contributed by atoms with van der Waals surface area (Å²) in [5, 5.41) is 6.07. The number of hydrogen-bond acceptors (Lipinski definition) is 3. The van der Waals surface area contributed by atoms with Gasteiger partial charge in [-0.25, -0.2) is 0 Å². The monoisotopic (exact) mass is 401 g/mol. The lowest BCUT2D eigenvalue weighted by atomic mass is 10.0. The number of anilines is 3. The van der Waals surface area contributed by atoms with Gasteiger partial charge in [0.2, 0.25) is 5.91 Å². The largest absolute Gasteiger partial charge is 0.376 e. The number of hydrogen-bond donors (Lipinski definition) is 2. The van der Waals surface area contributed by atoms with E-state index in [0.29, 0.717) is 11.5 Å². The standard InChI is InChI=1S/C25H27N3O2/c1-18(2)22-11-7-8-12-23(22)27-24(29)17-26-20-15-13-19(14-16-20)25(30)28(3)21-9-5-4-6-10-21/h4-16,18,26H,17H2,1-3H3,(H,27,29). The third-order valence-corrected chi connectivity index (χ3v) is 4.89. The van der Waals surface area contributed by atoms with E-state index < -0.39 is 0 Å². The van der Waals surface area contributed by atoms with Crippen molar-refractivity contribution in [2.45, 2.75) is 19.8 Å². The quantitative estimate of drug-likeness (QED) is 0.576. The summed E-state index contributed by atoms with van der Waals surface area (Å²) in [6.07, 6.45) is 0. The topological polar surface area (TPSA) is 61.4 Å². The second kappa shape index (κ2) is 9.74. The highest BCUT2D eigenvalue weighted by Gasteiger charge is 2.13. The van der Waals surface area contributed by atoms with Gasteiger partial charge in [0.1, 0.15) is 0 Å². The van der Waals surface area contributed by atoms with E-state index in [1.54, 1.807) is 36.2 Å². The third-order valence-electron chi connectivity index (χ3n) is 4.89. The second-order valence-corrected chi connectivity index (χ2v) is 7.42. The van der Waals surface area contributed by atoms with Crippen LogP contribution in [0.25, 0.3) is 0 Å². The van der Waals surface area contributed by atoms with Crippen LogP contribution in [-0.4, -0.2) is 25.4 Å². The van der Waals surface area contributed by atoms with Crippen molar-refractivity contribution in [1.29, 1.82) is 0 Å². The molecule has 0 saturated carbocycles. The Morgan fingerprint density at radius 2 is 1.50 bits per heavy atom. The Balaban J connectivity index is 1.57. The van der Waals surface area contributed by atoms with Crippen molar-refractivity contribution in [2.75, 3.05) is 29.1 Å². The summed E-state index contributed by atoms with van der Waals surface area (Å²) in [6, 6.07) is 24.5. The molecule has 2 N–H and O–H groups in total. The van der Waals surface area contributed by atoms with E-state index in [-0.39, 0.29) is 18.4 Å². The molecule has 5 heteroatoms. The average Bonchev–Trinajstić information content (AvgIpc) is 2.78. The molecule has 0 aliphatic rings.